The van der Waals surface area contributed by atoms with Crippen molar-refractivity contribution in [3.8, 4) is 0 Å². The molecule has 2 aliphatic heterocycles. The number of aliphatic hydroxyl groups is 2. The van der Waals surface area contributed by atoms with Gasteiger partial charge >= 0.3 is 11.9 Å². The third-order valence-corrected chi connectivity index (χ3v) is 5.73. The molecule has 0 aromatic heterocycles. The maximum Gasteiger partial charge on any atom is 0.336 e. The molecule has 3 rings (SSSR count). The van der Waals surface area contributed by atoms with Crippen LogP contribution in [0.15, 0.2) is 35.5 Å². The third kappa shape index (κ3) is 3.72. The van der Waals surface area contributed by atoms with Crippen molar-refractivity contribution < 1.29 is 34.0 Å². The Morgan fingerprint density at radius 3 is 2.85 bits per heavy atom. The lowest BCUT2D eigenvalue weighted by molar-refractivity contribution is -0.149. The fourth-order valence-corrected chi connectivity index (χ4v) is 3.84. The summed E-state index contributed by atoms with van der Waals surface area (Å²) in [4.78, 5) is 24.6. The molecular formula is C20H26O7. The number of hydrogen-bond acceptors (Lipinski definition) is 7. The van der Waals surface area contributed by atoms with E-state index < -0.39 is 48.4 Å². The Bertz CT molecular complexity index is 722. The van der Waals surface area contributed by atoms with Crippen molar-refractivity contribution in [2.24, 2.45) is 5.92 Å². The highest BCUT2D eigenvalue weighted by molar-refractivity contribution is 5.92. The van der Waals surface area contributed by atoms with Crippen LogP contribution in [0.3, 0.4) is 0 Å². The van der Waals surface area contributed by atoms with Gasteiger partial charge < -0.3 is 24.4 Å². The number of allylic oxidation sites excluding steroid dienone is 1. The molecule has 3 aliphatic rings. The van der Waals surface area contributed by atoms with Gasteiger partial charge in [0.05, 0.1) is 35.9 Å². The van der Waals surface area contributed by atoms with E-state index in [1.165, 1.54) is 6.08 Å². The van der Waals surface area contributed by atoms with Gasteiger partial charge in [-0.3, -0.25) is 0 Å². The van der Waals surface area contributed by atoms with Crippen LogP contribution in [0, 0.1) is 5.92 Å². The van der Waals surface area contributed by atoms with Gasteiger partial charge in [-0.25, -0.2) is 9.59 Å². The van der Waals surface area contributed by atoms with Crippen molar-refractivity contribution in [3.05, 3.63) is 35.5 Å². The minimum absolute atomic E-state index is 0.139. The number of epoxide rings is 1. The van der Waals surface area contributed by atoms with Gasteiger partial charge in [0.1, 0.15) is 12.2 Å². The SMILES string of the molecule is C=C1C(=O)O[C@@H]2/C=C(\C)[C@@H](O)C[C@@H]3O[C@]3(C)C[C@@H](OC(=O)/C(=C/C)CO)[C@@H]12. The lowest BCUT2D eigenvalue weighted by Gasteiger charge is -2.29. The molecule has 0 bridgehead atoms. The van der Waals surface area contributed by atoms with Gasteiger partial charge in [0, 0.05) is 18.4 Å². The summed E-state index contributed by atoms with van der Waals surface area (Å²) in [7, 11) is 0. The molecule has 0 unspecified atom stereocenters. The van der Waals surface area contributed by atoms with Gasteiger partial charge in [0.15, 0.2) is 0 Å². The van der Waals surface area contributed by atoms with E-state index in [2.05, 4.69) is 6.58 Å². The van der Waals surface area contributed by atoms with Gasteiger partial charge in [0.2, 0.25) is 0 Å². The van der Waals surface area contributed by atoms with Crippen molar-refractivity contribution in [2.75, 3.05) is 6.61 Å². The van der Waals surface area contributed by atoms with Gasteiger partial charge in [0.25, 0.3) is 0 Å². The summed E-state index contributed by atoms with van der Waals surface area (Å²) >= 11 is 0. The van der Waals surface area contributed by atoms with E-state index in [1.807, 2.05) is 6.92 Å². The molecule has 0 radical (unpaired) electrons. The van der Waals surface area contributed by atoms with Crippen LogP contribution in [0.25, 0.3) is 0 Å². The Morgan fingerprint density at radius 1 is 1.52 bits per heavy atom. The Morgan fingerprint density at radius 2 is 2.22 bits per heavy atom. The van der Waals surface area contributed by atoms with Gasteiger partial charge in [-0.15, -0.1) is 0 Å². The van der Waals surface area contributed by atoms with Crippen LogP contribution in [-0.4, -0.2) is 58.8 Å². The Kier molecular flexibility index (Phi) is 5.29. The van der Waals surface area contributed by atoms with Crippen molar-refractivity contribution in [1.82, 2.24) is 0 Å². The molecule has 0 aromatic carbocycles. The monoisotopic (exact) mass is 378 g/mol. The molecule has 7 nitrogen and oxygen atoms in total. The first-order valence-corrected chi connectivity index (χ1v) is 9.11. The van der Waals surface area contributed by atoms with Crippen LogP contribution < -0.4 is 0 Å². The number of hydrogen-bond donors (Lipinski definition) is 2. The average Bonchev–Trinajstić information content (AvgIpc) is 3.13. The summed E-state index contributed by atoms with van der Waals surface area (Å²) in [6.45, 7) is 8.69. The van der Waals surface area contributed by atoms with Crippen LogP contribution in [-0.2, 0) is 23.8 Å². The molecule has 148 valence electrons. The molecule has 0 spiro atoms. The minimum atomic E-state index is -0.711. The first-order valence-electron chi connectivity index (χ1n) is 9.11. The molecule has 1 aliphatic carbocycles. The fraction of sp³-hybridized carbons (Fsp3) is 0.600. The van der Waals surface area contributed by atoms with Crippen LogP contribution in [0.1, 0.15) is 33.6 Å². The number of fused-ring (bicyclic) bond motifs is 2. The molecule has 2 saturated heterocycles. The van der Waals surface area contributed by atoms with Crippen LogP contribution in [0.2, 0.25) is 0 Å². The number of carbonyl (C=O) groups is 2. The quantitative estimate of drug-likeness (QED) is 0.329. The highest BCUT2D eigenvalue weighted by Gasteiger charge is 2.57. The highest BCUT2D eigenvalue weighted by atomic mass is 16.6. The normalized spacial score (nSPS) is 41.0. The third-order valence-electron chi connectivity index (χ3n) is 5.73. The summed E-state index contributed by atoms with van der Waals surface area (Å²) < 4.78 is 16.9. The second kappa shape index (κ2) is 7.22. The van der Waals surface area contributed by atoms with Crippen molar-refractivity contribution >= 4 is 11.9 Å². The summed E-state index contributed by atoms with van der Waals surface area (Å²) in [6.07, 6.45) is 1.68. The van der Waals surface area contributed by atoms with Gasteiger partial charge in [-0.05, 0) is 32.4 Å². The Hall–Kier alpha value is -1.96. The van der Waals surface area contributed by atoms with Crippen molar-refractivity contribution in [1.29, 1.82) is 0 Å². The maximum atomic E-state index is 12.4. The largest absolute Gasteiger partial charge is 0.458 e. The van der Waals surface area contributed by atoms with Crippen molar-refractivity contribution in [2.45, 2.75) is 63.6 Å². The summed E-state index contributed by atoms with van der Waals surface area (Å²) in [5.41, 5.74) is 0.459. The molecule has 2 N–H and O–H groups in total. The van der Waals surface area contributed by atoms with Crippen LogP contribution >= 0.6 is 0 Å². The Balaban J connectivity index is 1.97. The van der Waals surface area contributed by atoms with E-state index in [-0.39, 0.29) is 17.3 Å². The topological polar surface area (TPSA) is 106 Å². The predicted molar refractivity (Wildman–Crippen MR) is 95.5 cm³/mol. The number of aliphatic hydroxyl groups excluding tert-OH is 2. The summed E-state index contributed by atoms with van der Waals surface area (Å²) in [5, 5.41) is 19.7. The molecule has 0 amide bonds. The lowest BCUT2D eigenvalue weighted by atomic mass is 9.82. The number of esters is 2. The zero-order valence-electron chi connectivity index (χ0n) is 15.8. The number of ether oxygens (including phenoxy) is 3. The first kappa shape index (κ1) is 19.8. The molecule has 7 heteroatoms. The molecule has 6 atom stereocenters. The smallest absolute Gasteiger partial charge is 0.336 e. The van der Waals surface area contributed by atoms with E-state index in [0.29, 0.717) is 18.4 Å². The highest BCUT2D eigenvalue weighted by Crippen LogP contribution is 2.47. The number of rotatable bonds is 3. The van der Waals surface area contributed by atoms with Gasteiger partial charge in [-0.2, -0.15) is 0 Å². The maximum absolute atomic E-state index is 12.4. The van der Waals surface area contributed by atoms with E-state index in [1.54, 1.807) is 19.9 Å². The van der Waals surface area contributed by atoms with E-state index in [0.717, 1.165) is 0 Å². The van der Waals surface area contributed by atoms with Crippen LogP contribution in [0.4, 0.5) is 0 Å². The zero-order valence-corrected chi connectivity index (χ0v) is 15.8. The Labute approximate surface area is 158 Å². The number of carbonyl (C=O) groups excluding carboxylic acids is 2. The second-order valence-electron chi connectivity index (χ2n) is 7.62. The second-order valence-corrected chi connectivity index (χ2v) is 7.62. The molecule has 27 heavy (non-hydrogen) atoms. The lowest BCUT2D eigenvalue weighted by Crippen LogP contribution is -2.38. The molecule has 2 fully saturated rings. The van der Waals surface area contributed by atoms with Crippen molar-refractivity contribution in [3.63, 3.8) is 0 Å². The van der Waals surface area contributed by atoms with Gasteiger partial charge in [-0.1, -0.05) is 12.7 Å². The van der Waals surface area contributed by atoms with E-state index >= 15 is 0 Å². The molecule has 0 aromatic rings. The minimum Gasteiger partial charge on any atom is -0.458 e. The van der Waals surface area contributed by atoms with Crippen LogP contribution in [0.5, 0.6) is 0 Å². The molecule has 2 heterocycles. The molecule has 0 saturated carbocycles. The fourth-order valence-electron chi connectivity index (χ4n) is 3.84. The first-order chi connectivity index (χ1) is 12.7. The predicted octanol–water partition coefficient (Wildman–Crippen LogP) is 1.19. The standard InChI is InChI=1S/C20H26O7/c1-5-12(9-21)19(24)26-15-8-20(4)16(27-20)7-13(22)10(2)6-14-17(15)11(3)18(23)25-14/h5-6,13-17,21-22H,3,7-9H2,1-2,4H3/b10-6+,12-5+/t13-,14+,15+,16-,17-,20+/m0/s1. The van der Waals surface area contributed by atoms with E-state index in [4.69, 9.17) is 14.2 Å². The van der Waals surface area contributed by atoms with E-state index in [9.17, 15) is 19.8 Å². The summed E-state index contributed by atoms with van der Waals surface area (Å²) in [5.74, 6) is -1.77. The average molecular weight is 378 g/mol. The summed E-state index contributed by atoms with van der Waals surface area (Å²) in [6, 6.07) is 0. The molecular weight excluding hydrogens is 352 g/mol. The zero-order chi connectivity index (χ0) is 19.9.